The Kier molecular flexibility index (Phi) is 3.98. The minimum Gasteiger partial charge on any atom is -0.477 e. The second-order valence-corrected chi connectivity index (χ2v) is 6.19. The van der Waals surface area contributed by atoms with E-state index in [0.717, 1.165) is 20.0 Å². The molecule has 0 spiro atoms. The van der Waals surface area contributed by atoms with Gasteiger partial charge in [0, 0.05) is 3.57 Å². The maximum absolute atomic E-state index is 12.5. The van der Waals surface area contributed by atoms with E-state index in [0.29, 0.717) is 6.54 Å². The number of hydrogen-bond acceptors (Lipinski definition) is 2. The average Bonchev–Trinajstić information content (AvgIpc) is 2.51. The Balaban J connectivity index is 2.22. The molecule has 0 aliphatic heterocycles. The van der Waals surface area contributed by atoms with E-state index in [1.165, 1.54) is 10.6 Å². The predicted octanol–water partition coefficient (Wildman–Crippen LogP) is 3.35. The molecular formula is C17H12INO3. The normalized spacial score (nSPS) is 10.8. The van der Waals surface area contributed by atoms with Crippen LogP contribution in [0.25, 0.3) is 10.9 Å². The Bertz CT molecular complexity index is 913. The van der Waals surface area contributed by atoms with Crippen molar-refractivity contribution in [1.82, 2.24) is 4.57 Å². The molecule has 5 heteroatoms. The number of aromatic carboxylic acids is 1. The molecule has 0 saturated carbocycles. The van der Waals surface area contributed by atoms with Crippen molar-refractivity contribution >= 4 is 39.5 Å². The van der Waals surface area contributed by atoms with Crippen LogP contribution in [-0.2, 0) is 6.54 Å². The number of aromatic nitrogens is 1. The molecule has 0 aliphatic rings. The molecule has 0 bridgehead atoms. The van der Waals surface area contributed by atoms with Crippen molar-refractivity contribution in [2.24, 2.45) is 0 Å². The van der Waals surface area contributed by atoms with Gasteiger partial charge < -0.3 is 9.67 Å². The fourth-order valence-electron chi connectivity index (χ4n) is 2.41. The van der Waals surface area contributed by atoms with Gasteiger partial charge >= 0.3 is 5.97 Å². The Morgan fingerprint density at radius 2 is 1.77 bits per heavy atom. The summed E-state index contributed by atoms with van der Waals surface area (Å²) in [6.45, 7) is 0.345. The van der Waals surface area contributed by atoms with Crippen molar-refractivity contribution < 1.29 is 9.90 Å². The van der Waals surface area contributed by atoms with E-state index in [2.05, 4.69) is 22.6 Å². The van der Waals surface area contributed by atoms with E-state index < -0.39 is 11.5 Å². The van der Waals surface area contributed by atoms with Crippen LogP contribution < -0.4 is 5.56 Å². The maximum atomic E-state index is 12.5. The van der Waals surface area contributed by atoms with Crippen molar-refractivity contribution in [1.29, 1.82) is 0 Å². The summed E-state index contributed by atoms with van der Waals surface area (Å²) in [7, 11) is 0. The number of halogens is 1. The van der Waals surface area contributed by atoms with Crippen LogP contribution in [0.1, 0.15) is 15.9 Å². The summed E-state index contributed by atoms with van der Waals surface area (Å²) >= 11 is 2.22. The van der Waals surface area contributed by atoms with Crippen LogP contribution in [0.2, 0.25) is 0 Å². The van der Waals surface area contributed by atoms with Gasteiger partial charge in [0.2, 0.25) is 0 Å². The number of carbonyl (C=O) groups is 1. The summed E-state index contributed by atoms with van der Waals surface area (Å²) < 4.78 is 2.62. The number of rotatable bonds is 3. The lowest BCUT2D eigenvalue weighted by Gasteiger charge is -2.12. The molecule has 0 unspecified atom stereocenters. The summed E-state index contributed by atoms with van der Waals surface area (Å²) in [4.78, 5) is 23.8. The van der Waals surface area contributed by atoms with Crippen molar-refractivity contribution in [3.63, 3.8) is 0 Å². The zero-order valence-electron chi connectivity index (χ0n) is 11.5. The van der Waals surface area contributed by atoms with Gasteiger partial charge in [0.15, 0.2) is 0 Å². The topological polar surface area (TPSA) is 59.3 Å². The van der Waals surface area contributed by atoms with Crippen molar-refractivity contribution in [3.8, 4) is 0 Å². The van der Waals surface area contributed by atoms with Gasteiger partial charge in [-0.05, 0) is 57.8 Å². The second kappa shape index (κ2) is 5.92. The molecule has 4 nitrogen and oxygen atoms in total. The van der Waals surface area contributed by atoms with Crippen LogP contribution in [0.4, 0.5) is 0 Å². The molecule has 0 radical (unpaired) electrons. The van der Waals surface area contributed by atoms with Gasteiger partial charge in [0.1, 0.15) is 5.56 Å². The predicted molar refractivity (Wildman–Crippen MR) is 93.4 cm³/mol. The average molecular weight is 405 g/mol. The quantitative estimate of drug-likeness (QED) is 0.680. The third-order valence-corrected chi connectivity index (χ3v) is 4.21. The van der Waals surface area contributed by atoms with Crippen LogP contribution in [0.5, 0.6) is 0 Å². The van der Waals surface area contributed by atoms with Gasteiger partial charge in [-0.3, -0.25) is 4.79 Å². The fraction of sp³-hybridized carbons (Fsp3) is 0.0588. The highest BCUT2D eigenvalue weighted by Crippen LogP contribution is 2.16. The molecule has 2 aromatic carbocycles. The first-order chi connectivity index (χ1) is 10.6. The first-order valence-corrected chi connectivity index (χ1v) is 7.74. The largest absolute Gasteiger partial charge is 0.477 e. The van der Waals surface area contributed by atoms with Crippen molar-refractivity contribution in [2.45, 2.75) is 6.54 Å². The smallest absolute Gasteiger partial charge is 0.341 e. The lowest BCUT2D eigenvalue weighted by Crippen LogP contribution is -2.27. The number of carboxylic acid groups (broad SMARTS) is 1. The number of hydrogen-bond donors (Lipinski definition) is 1. The third-order valence-electron chi connectivity index (χ3n) is 3.49. The van der Waals surface area contributed by atoms with Gasteiger partial charge in [-0.1, -0.05) is 30.3 Å². The summed E-state index contributed by atoms with van der Waals surface area (Å²) in [6.07, 6.45) is 0. The standard InChI is InChI=1S/C17H12INO3/c18-13-7-5-11(6-8-13)10-19-15-4-2-1-3-12(15)9-14(16(19)20)17(21)22/h1-9H,10H2,(H,21,22). The molecule has 0 amide bonds. The highest BCUT2D eigenvalue weighted by Gasteiger charge is 2.14. The Morgan fingerprint density at radius 3 is 2.45 bits per heavy atom. The molecule has 3 aromatic rings. The van der Waals surface area contributed by atoms with E-state index in [9.17, 15) is 14.7 Å². The van der Waals surface area contributed by atoms with Gasteiger partial charge in [0.25, 0.3) is 5.56 Å². The first-order valence-electron chi connectivity index (χ1n) is 6.66. The minimum absolute atomic E-state index is 0.204. The second-order valence-electron chi connectivity index (χ2n) is 4.94. The van der Waals surface area contributed by atoms with Gasteiger partial charge in [-0.2, -0.15) is 0 Å². The van der Waals surface area contributed by atoms with E-state index in [1.807, 2.05) is 48.5 Å². The van der Waals surface area contributed by atoms with Crippen LogP contribution in [-0.4, -0.2) is 15.6 Å². The molecule has 1 N–H and O–H groups in total. The molecule has 0 fully saturated rings. The molecule has 0 atom stereocenters. The molecular weight excluding hydrogens is 393 g/mol. The zero-order chi connectivity index (χ0) is 15.7. The number of benzene rings is 2. The lowest BCUT2D eigenvalue weighted by molar-refractivity contribution is 0.0694. The Hall–Kier alpha value is -2.15. The summed E-state index contributed by atoms with van der Waals surface area (Å²) in [6, 6.07) is 16.5. The number of fused-ring (bicyclic) bond motifs is 1. The molecule has 1 aromatic heterocycles. The van der Waals surface area contributed by atoms with Gasteiger partial charge in [0.05, 0.1) is 12.1 Å². The van der Waals surface area contributed by atoms with E-state index >= 15 is 0 Å². The Labute approximate surface area is 140 Å². The maximum Gasteiger partial charge on any atom is 0.341 e. The van der Waals surface area contributed by atoms with Crippen LogP contribution >= 0.6 is 22.6 Å². The lowest BCUT2D eigenvalue weighted by atomic mass is 10.1. The monoisotopic (exact) mass is 405 g/mol. The van der Waals surface area contributed by atoms with Crippen molar-refractivity contribution in [2.75, 3.05) is 0 Å². The summed E-state index contributed by atoms with van der Waals surface area (Å²) in [5, 5.41) is 9.98. The minimum atomic E-state index is -1.20. The van der Waals surface area contributed by atoms with Crippen molar-refractivity contribution in [3.05, 3.63) is 79.6 Å². The highest BCUT2D eigenvalue weighted by molar-refractivity contribution is 14.1. The van der Waals surface area contributed by atoms with Gasteiger partial charge in [-0.25, -0.2) is 4.79 Å². The summed E-state index contributed by atoms with van der Waals surface area (Å²) in [5.74, 6) is -1.20. The number of pyridine rings is 1. The van der Waals surface area contributed by atoms with Gasteiger partial charge in [-0.15, -0.1) is 0 Å². The molecule has 110 valence electrons. The molecule has 0 aliphatic carbocycles. The fourth-order valence-corrected chi connectivity index (χ4v) is 2.77. The molecule has 1 heterocycles. The number of carboxylic acids is 1. The highest BCUT2D eigenvalue weighted by atomic mass is 127. The Morgan fingerprint density at radius 1 is 1.09 bits per heavy atom. The van der Waals surface area contributed by atoms with Crippen LogP contribution in [0.15, 0.2) is 59.4 Å². The van der Waals surface area contributed by atoms with E-state index in [-0.39, 0.29) is 5.56 Å². The third kappa shape index (κ3) is 2.76. The molecule has 3 rings (SSSR count). The first kappa shape index (κ1) is 14.8. The number of nitrogens with zero attached hydrogens (tertiary/aromatic N) is 1. The SMILES string of the molecule is O=C(O)c1cc2ccccc2n(Cc2ccc(I)cc2)c1=O. The number of para-hydroxylation sites is 1. The van der Waals surface area contributed by atoms with E-state index in [1.54, 1.807) is 0 Å². The summed E-state index contributed by atoms with van der Waals surface area (Å²) in [5.41, 5.74) is 1.00. The van der Waals surface area contributed by atoms with Crippen LogP contribution in [0, 0.1) is 3.57 Å². The zero-order valence-corrected chi connectivity index (χ0v) is 13.6. The van der Waals surface area contributed by atoms with Crippen LogP contribution in [0.3, 0.4) is 0 Å². The molecule has 0 saturated heterocycles. The van der Waals surface area contributed by atoms with E-state index in [4.69, 9.17) is 0 Å². The molecule has 22 heavy (non-hydrogen) atoms.